The molecule has 1 saturated heterocycles. The Labute approximate surface area is 114 Å². The molecule has 1 heterocycles. The molecule has 0 aromatic heterocycles. The Hall–Kier alpha value is -0.580. The molecule has 1 aliphatic rings. The molecule has 0 radical (unpaired) electrons. The Morgan fingerprint density at radius 2 is 2.35 bits per heavy atom. The van der Waals surface area contributed by atoms with Gasteiger partial charge in [0.1, 0.15) is 0 Å². The van der Waals surface area contributed by atoms with E-state index in [4.69, 9.17) is 11.6 Å². The van der Waals surface area contributed by atoms with Crippen molar-refractivity contribution in [2.24, 2.45) is 0 Å². The van der Waals surface area contributed by atoms with E-state index in [0.717, 1.165) is 10.0 Å². The number of rotatable bonds is 2. The van der Waals surface area contributed by atoms with Crippen LogP contribution in [0, 0.1) is 0 Å². The van der Waals surface area contributed by atoms with Gasteiger partial charge in [-0.2, -0.15) is 0 Å². The minimum absolute atomic E-state index is 0.0459. The molecule has 0 bridgehead atoms. The SMILES string of the molecule is O=C(Cc1ccc(Cl)cc1Br)N1CC[C@@H](O)C1. The monoisotopic (exact) mass is 317 g/mol. The van der Waals surface area contributed by atoms with Crippen molar-refractivity contribution < 1.29 is 9.90 Å². The van der Waals surface area contributed by atoms with Gasteiger partial charge in [-0.1, -0.05) is 33.6 Å². The van der Waals surface area contributed by atoms with Crippen LogP contribution in [0.15, 0.2) is 22.7 Å². The van der Waals surface area contributed by atoms with E-state index < -0.39 is 0 Å². The summed E-state index contributed by atoms with van der Waals surface area (Å²) in [7, 11) is 0. The third-order valence-electron chi connectivity index (χ3n) is 2.87. The Morgan fingerprint density at radius 3 is 2.94 bits per heavy atom. The zero-order valence-corrected chi connectivity index (χ0v) is 11.5. The smallest absolute Gasteiger partial charge is 0.227 e. The van der Waals surface area contributed by atoms with Gasteiger partial charge >= 0.3 is 0 Å². The number of halogens is 2. The van der Waals surface area contributed by atoms with Gasteiger partial charge in [0.05, 0.1) is 12.5 Å². The van der Waals surface area contributed by atoms with Gasteiger partial charge < -0.3 is 10.0 Å². The fourth-order valence-corrected chi connectivity index (χ4v) is 2.73. The second kappa shape index (κ2) is 5.38. The fraction of sp³-hybridized carbons (Fsp3) is 0.417. The minimum Gasteiger partial charge on any atom is -0.391 e. The second-order valence-corrected chi connectivity index (χ2v) is 5.49. The molecule has 1 atom stereocenters. The molecule has 3 nitrogen and oxygen atoms in total. The molecule has 0 unspecified atom stereocenters. The number of benzene rings is 1. The van der Waals surface area contributed by atoms with Gasteiger partial charge in [-0.15, -0.1) is 0 Å². The lowest BCUT2D eigenvalue weighted by Gasteiger charge is -2.16. The van der Waals surface area contributed by atoms with E-state index in [0.29, 0.717) is 31.0 Å². The van der Waals surface area contributed by atoms with Crippen molar-refractivity contribution >= 4 is 33.4 Å². The number of amides is 1. The summed E-state index contributed by atoms with van der Waals surface area (Å²) in [4.78, 5) is 13.7. The van der Waals surface area contributed by atoms with Crippen LogP contribution in [0.3, 0.4) is 0 Å². The van der Waals surface area contributed by atoms with E-state index in [-0.39, 0.29) is 12.0 Å². The Balaban J connectivity index is 2.03. The highest BCUT2D eigenvalue weighted by Gasteiger charge is 2.24. The standard InChI is InChI=1S/C12H13BrClNO2/c13-11-6-9(14)2-1-8(11)5-12(17)15-4-3-10(16)7-15/h1-2,6,10,16H,3-5,7H2/t10-/m1/s1. The Kier molecular flexibility index (Phi) is 4.07. The van der Waals surface area contributed by atoms with Gasteiger partial charge in [-0.05, 0) is 24.1 Å². The largest absolute Gasteiger partial charge is 0.391 e. The summed E-state index contributed by atoms with van der Waals surface area (Å²) in [6.45, 7) is 1.09. The molecular formula is C12H13BrClNO2. The van der Waals surface area contributed by atoms with Crippen molar-refractivity contribution in [1.29, 1.82) is 0 Å². The summed E-state index contributed by atoms with van der Waals surface area (Å²) < 4.78 is 0.845. The molecular weight excluding hydrogens is 305 g/mol. The van der Waals surface area contributed by atoms with E-state index >= 15 is 0 Å². The number of carbonyl (C=O) groups is 1. The van der Waals surface area contributed by atoms with E-state index in [1.54, 1.807) is 17.0 Å². The minimum atomic E-state index is -0.368. The summed E-state index contributed by atoms with van der Waals surface area (Å²) in [5, 5.41) is 10.0. The highest BCUT2D eigenvalue weighted by Crippen LogP contribution is 2.23. The molecule has 0 aliphatic carbocycles. The first-order valence-electron chi connectivity index (χ1n) is 5.46. The van der Waals surface area contributed by atoms with Gasteiger partial charge in [-0.25, -0.2) is 0 Å². The fourth-order valence-electron chi connectivity index (χ4n) is 1.91. The number of carbonyl (C=O) groups excluding carboxylic acids is 1. The molecule has 92 valence electrons. The maximum atomic E-state index is 12.0. The average molecular weight is 319 g/mol. The van der Waals surface area contributed by atoms with Crippen LogP contribution in [-0.4, -0.2) is 35.1 Å². The van der Waals surface area contributed by atoms with Crippen LogP contribution in [0.2, 0.25) is 5.02 Å². The maximum absolute atomic E-state index is 12.0. The number of likely N-dealkylation sites (tertiary alicyclic amines) is 1. The lowest BCUT2D eigenvalue weighted by atomic mass is 10.1. The summed E-state index contributed by atoms with van der Waals surface area (Å²) in [6.07, 6.45) is 0.644. The molecule has 1 N–H and O–H groups in total. The number of hydrogen-bond acceptors (Lipinski definition) is 2. The van der Waals surface area contributed by atoms with Crippen molar-refractivity contribution in [3.05, 3.63) is 33.3 Å². The van der Waals surface area contributed by atoms with E-state index in [1.807, 2.05) is 6.07 Å². The van der Waals surface area contributed by atoms with Crippen LogP contribution in [0.4, 0.5) is 0 Å². The van der Waals surface area contributed by atoms with Crippen molar-refractivity contribution in [2.45, 2.75) is 18.9 Å². The molecule has 0 spiro atoms. The number of nitrogens with zero attached hydrogens (tertiary/aromatic N) is 1. The topological polar surface area (TPSA) is 40.5 Å². The van der Waals surface area contributed by atoms with Crippen LogP contribution in [-0.2, 0) is 11.2 Å². The van der Waals surface area contributed by atoms with Gasteiger partial charge in [0.2, 0.25) is 5.91 Å². The Bertz CT molecular complexity index is 439. The molecule has 17 heavy (non-hydrogen) atoms. The molecule has 1 aromatic rings. The first-order valence-corrected chi connectivity index (χ1v) is 6.63. The third kappa shape index (κ3) is 3.21. The lowest BCUT2D eigenvalue weighted by molar-refractivity contribution is -0.129. The van der Waals surface area contributed by atoms with Gasteiger partial charge in [0.25, 0.3) is 0 Å². The summed E-state index contributed by atoms with van der Waals surface area (Å²) in [5.74, 6) is 0.0459. The molecule has 0 saturated carbocycles. The third-order valence-corrected chi connectivity index (χ3v) is 3.85. The van der Waals surface area contributed by atoms with Crippen molar-refractivity contribution in [3.8, 4) is 0 Å². The number of aliphatic hydroxyl groups excluding tert-OH is 1. The van der Waals surface area contributed by atoms with Crippen molar-refractivity contribution in [2.75, 3.05) is 13.1 Å². The van der Waals surface area contributed by atoms with Crippen LogP contribution >= 0.6 is 27.5 Å². The van der Waals surface area contributed by atoms with E-state index in [1.165, 1.54) is 0 Å². The Morgan fingerprint density at radius 1 is 1.59 bits per heavy atom. The summed E-state index contributed by atoms with van der Waals surface area (Å²) in [5.41, 5.74) is 0.917. The van der Waals surface area contributed by atoms with Crippen LogP contribution in [0.1, 0.15) is 12.0 Å². The normalized spacial score (nSPS) is 19.7. The zero-order chi connectivity index (χ0) is 12.4. The number of aliphatic hydroxyl groups is 1. The van der Waals surface area contributed by atoms with Crippen LogP contribution in [0.5, 0.6) is 0 Å². The summed E-state index contributed by atoms with van der Waals surface area (Å²) >= 11 is 9.23. The maximum Gasteiger partial charge on any atom is 0.227 e. The lowest BCUT2D eigenvalue weighted by Crippen LogP contribution is -2.30. The van der Waals surface area contributed by atoms with Crippen molar-refractivity contribution in [1.82, 2.24) is 4.90 Å². The second-order valence-electron chi connectivity index (χ2n) is 4.19. The van der Waals surface area contributed by atoms with E-state index in [2.05, 4.69) is 15.9 Å². The first-order chi connectivity index (χ1) is 8.06. The predicted octanol–water partition coefficient (Wildman–Crippen LogP) is 2.24. The van der Waals surface area contributed by atoms with Crippen LogP contribution in [0.25, 0.3) is 0 Å². The number of hydrogen-bond donors (Lipinski definition) is 1. The van der Waals surface area contributed by atoms with Crippen molar-refractivity contribution in [3.63, 3.8) is 0 Å². The highest BCUT2D eigenvalue weighted by molar-refractivity contribution is 9.10. The first kappa shape index (κ1) is 12.9. The number of β-amino-alcohol motifs (C(OH)–C–C–N with tert-alkyl or cyclic N) is 1. The van der Waals surface area contributed by atoms with Gasteiger partial charge in [-0.3, -0.25) is 4.79 Å². The zero-order valence-electron chi connectivity index (χ0n) is 9.20. The predicted molar refractivity (Wildman–Crippen MR) is 70.1 cm³/mol. The highest BCUT2D eigenvalue weighted by atomic mass is 79.9. The molecule has 1 amide bonds. The molecule has 2 rings (SSSR count). The average Bonchev–Trinajstić information content (AvgIpc) is 2.69. The molecule has 1 aromatic carbocycles. The molecule has 1 fully saturated rings. The molecule has 1 aliphatic heterocycles. The van der Waals surface area contributed by atoms with Gasteiger partial charge in [0, 0.05) is 22.6 Å². The molecule has 5 heteroatoms. The van der Waals surface area contributed by atoms with E-state index in [9.17, 15) is 9.90 Å². The quantitative estimate of drug-likeness (QED) is 0.908. The van der Waals surface area contributed by atoms with Gasteiger partial charge in [0.15, 0.2) is 0 Å². The summed E-state index contributed by atoms with van der Waals surface area (Å²) in [6, 6.07) is 5.40. The van der Waals surface area contributed by atoms with Crippen LogP contribution < -0.4 is 0 Å².